The number of nitrogens with one attached hydrogen (secondary N) is 2. The fraction of sp³-hybridized carbons (Fsp3) is 0.133. The van der Waals surface area contributed by atoms with Crippen molar-refractivity contribution in [1.82, 2.24) is 5.32 Å². The molecule has 5 heteroatoms. The monoisotopic (exact) mass is 269 g/mol. The van der Waals surface area contributed by atoms with Gasteiger partial charge in [-0.1, -0.05) is 18.2 Å². The van der Waals surface area contributed by atoms with E-state index >= 15 is 0 Å². The summed E-state index contributed by atoms with van der Waals surface area (Å²) in [5, 5.41) is 14.2. The zero-order valence-corrected chi connectivity index (χ0v) is 11.1. The molecule has 20 heavy (non-hydrogen) atoms. The molecule has 0 aliphatic rings. The van der Waals surface area contributed by atoms with Crippen LogP contribution in [0.25, 0.3) is 0 Å². The molecule has 0 heterocycles. The molecule has 2 N–H and O–H groups in total. The van der Waals surface area contributed by atoms with Gasteiger partial charge in [0.15, 0.2) is 5.78 Å². The predicted molar refractivity (Wildman–Crippen MR) is 77.0 cm³/mol. The summed E-state index contributed by atoms with van der Waals surface area (Å²) in [5.41, 5.74) is 0.905. The maximum absolute atomic E-state index is 11.9. The number of hydrogen-bond acceptors (Lipinski definition) is 4. The van der Waals surface area contributed by atoms with Crippen molar-refractivity contribution in [3.63, 3.8) is 0 Å². The van der Waals surface area contributed by atoms with E-state index in [9.17, 15) is 9.59 Å². The fourth-order valence-electron chi connectivity index (χ4n) is 1.41. The first-order valence-electron chi connectivity index (χ1n) is 5.95. The van der Waals surface area contributed by atoms with Crippen molar-refractivity contribution in [1.29, 1.82) is 5.26 Å². The Morgan fingerprint density at radius 3 is 2.80 bits per heavy atom. The summed E-state index contributed by atoms with van der Waals surface area (Å²) < 4.78 is 0. The molecule has 0 fully saturated rings. The molecule has 1 amide bonds. The zero-order chi connectivity index (χ0) is 15.0. The predicted octanol–water partition coefficient (Wildman–Crippen LogP) is 2.01. The van der Waals surface area contributed by atoms with Gasteiger partial charge >= 0.3 is 0 Å². The third kappa shape index (κ3) is 4.42. The van der Waals surface area contributed by atoms with Crippen molar-refractivity contribution >= 4 is 17.4 Å². The van der Waals surface area contributed by atoms with Gasteiger partial charge in [0.25, 0.3) is 5.91 Å². The smallest absolute Gasteiger partial charge is 0.267 e. The molecular formula is C15H15N3O2. The molecule has 1 aromatic carbocycles. The third-order valence-electron chi connectivity index (χ3n) is 2.40. The maximum atomic E-state index is 11.9. The number of carbonyl (C=O) groups excluding carboxylic acids is 2. The number of anilines is 1. The largest absolute Gasteiger partial charge is 0.386 e. The highest BCUT2D eigenvalue weighted by atomic mass is 16.1. The van der Waals surface area contributed by atoms with Gasteiger partial charge in [-0.3, -0.25) is 9.59 Å². The Kier molecular flexibility index (Phi) is 5.73. The highest BCUT2D eigenvalue weighted by molar-refractivity contribution is 6.07. The van der Waals surface area contributed by atoms with Crippen LogP contribution in [0.1, 0.15) is 17.3 Å². The number of Topliss-reactive ketones (excluding diaryl/α,β-unsaturated/α-hetero) is 1. The lowest BCUT2D eigenvalue weighted by Gasteiger charge is -2.05. The quantitative estimate of drug-likeness (QED) is 0.272. The number of hydrogen-bond donors (Lipinski definition) is 2. The number of benzene rings is 1. The summed E-state index contributed by atoms with van der Waals surface area (Å²) in [7, 11) is 0. The van der Waals surface area contributed by atoms with E-state index in [1.165, 1.54) is 13.1 Å². The van der Waals surface area contributed by atoms with Crippen molar-refractivity contribution in [2.24, 2.45) is 0 Å². The van der Waals surface area contributed by atoms with Gasteiger partial charge in [0, 0.05) is 24.0 Å². The van der Waals surface area contributed by atoms with Crippen molar-refractivity contribution in [3.05, 3.63) is 54.3 Å². The van der Waals surface area contributed by atoms with E-state index in [-0.39, 0.29) is 11.4 Å². The van der Waals surface area contributed by atoms with Crippen LogP contribution >= 0.6 is 0 Å². The van der Waals surface area contributed by atoms with E-state index in [1.807, 2.05) is 0 Å². The Labute approximate surface area is 117 Å². The number of carbonyl (C=O) groups is 2. The summed E-state index contributed by atoms with van der Waals surface area (Å²) >= 11 is 0. The molecule has 0 atom stereocenters. The lowest BCUT2D eigenvalue weighted by Crippen LogP contribution is -2.16. The molecule has 0 saturated carbocycles. The lowest BCUT2D eigenvalue weighted by molar-refractivity contribution is -0.112. The molecule has 0 aromatic heterocycles. The second-order valence-corrected chi connectivity index (χ2v) is 3.96. The molecule has 0 unspecified atom stereocenters. The summed E-state index contributed by atoms with van der Waals surface area (Å²) in [6, 6.07) is 8.34. The van der Waals surface area contributed by atoms with Gasteiger partial charge in [0.1, 0.15) is 11.6 Å². The van der Waals surface area contributed by atoms with Gasteiger partial charge in [0.05, 0.1) is 0 Å². The number of rotatable bonds is 6. The van der Waals surface area contributed by atoms with Crippen LogP contribution in [0.3, 0.4) is 0 Å². The molecule has 1 aromatic rings. The zero-order valence-electron chi connectivity index (χ0n) is 11.1. The van der Waals surface area contributed by atoms with Crippen LogP contribution in [0.5, 0.6) is 0 Å². The van der Waals surface area contributed by atoms with E-state index in [0.29, 0.717) is 17.8 Å². The van der Waals surface area contributed by atoms with Crippen molar-refractivity contribution in [2.45, 2.75) is 6.92 Å². The van der Waals surface area contributed by atoms with Gasteiger partial charge in [-0.25, -0.2) is 0 Å². The minimum Gasteiger partial charge on any atom is -0.386 e. The van der Waals surface area contributed by atoms with Gasteiger partial charge in [-0.05, 0) is 19.1 Å². The Bertz CT molecular complexity index is 597. The minimum absolute atomic E-state index is 0.0555. The average Bonchev–Trinajstić information content (AvgIpc) is 2.43. The molecule has 0 radical (unpaired) electrons. The number of amides is 1. The Morgan fingerprint density at radius 2 is 2.20 bits per heavy atom. The number of nitriles is 1. The summed E-state index contributed by atoms with van der Waals surface area (Å²) in [4.78, 5) is 23.1. The Balaban J connectivity index is 2.81. The second kappa shape index (κ2) is 7.54. The highest BCUT2D eigenvalue weighted by Gasteiger charge is 2.09. The van der Waals surface area contributed by atoms with Gasteiger partial charge in [-0.15, -0.1) is 6.58 Å². The summed E-state index contributed by atoms with van der Waals surface area (Å²) in [6.45, 7) is 5.42. The average molecular weight is 269 g/mol. The molecule has 0 saturated heterocycles. The van der Waals surface area contributed by atoms with E-state index in [2.05, 4.69) is 17.2 Å². The Morgan fingerprint density at radius 1 is 1.45 bits per heavy atom. The first-order chi connectivity index (χ1) is 9.58. The van der Waals surface area contributed by atoms with Crippen molar-refractivity contribution < 1.29 is 9.59 Å². The summed E-state index contributed by atoms with van der Waals surface area (Å²) in [6.07, 6.45) is 2.94. The third-order valence-corrected chi connectivity index (χ3v) is 2.40. The van der Waals surface area contributed by atoms with Crippen molar-refractivity contribution in [3.8, 4) is 6.07 Å². The Hall–Kier alpha value is -2.87. The minimum atomic E-state index is -0.537. The molecule has 0 aliphatic carbocycles. The first kappa shape index (κ1) is 15.2. The van der Waals surface area contributed by atoms with E-state index in [1.54, 1.807) is 36.4 Å². The fourth-order valence-corrected chi connectivity index (χ4v) is 1.41. The lowest BCUT2D eigenvalue weighted by atomic mass is 10.1. The van der Waals surface area contributed by atoms with Crippen LogP contribution in [-0.4, -0.2) is 18.2 Å². The van der Waals surface area contributed by atoms with Crippen molar-refractivity contribution in [2.75, 3.05) is 11.9 Å². The van der Waals surface area contributed by atoms with Crippen LogP contribution < -0.4 is 10.6 Å². The highest BCUT2D eigenvalue weighted by Crippen LogP contribution is 2.12. The first-order valence-corrected chi connectivity index (χ1v) is 5.95. The van der Waals surface area contributed by atoms with Crippen LogP contribution in [0.4, 0.5) is 5.69 Å². The normalized spacial score (nSPS) is 10.3. The van der Waals surface area contributed by atoms with E-state index < -0.39 is 5.91 Å². The van der Waals surface area contributed by atoms with Crippen LogP contribution in [-0.2, 0) is 4.79 Å². The molecular weight excluding hydrogens is 254 g/mol. The maximum Gasteiger partial charge on any atom is 0.267 e. The van der Waals surface area contributed by atoms with Crippen LogP contribution in [0.2, 0.25) is 0 Å². The van der Waals surface area contributed by atoms with Gasteiger partial charge < -0.3 is 10.6 Å². The molecule has 0 aliphatic heterocycles. The van der Waals surface area contributed by atoms with E-state index in [4.69, 9.17) is 5.26 Å². The second-order valence-electron chi connectivity index (χ2n) is 3.96. The standard InChI is InChI=1S/C15H15N3O2/c1-3-7-17-10-13(9-16)15(20)18-14-6-4-5-12(8-14)11(2)19/h3-6,8,10,17H,1,7H2,2H3,(H,18,20)/b13-10-. The van der Waals surface area contributed by atoms with Gasteiger partial charge in [0.2, 0.25) is 0 Å². The van der Waals surface area contributed by atoms with Crippen LogP contribution in [0, 0.1) is 11.3 Å². The SMILES string of the molecule is C=CCN/C=C(/C#N)C(=O)Nc1cccc(C(C)=O)c1. The number of nitrogens with zero attached hydrogens (tertiary/aromatic N) is 1. The van der Waals surface area contributed by atoms with E-state index in [0.717, 1.165) is 0 Å². The van der Waals surface area contributed by atoms with Crippen LogP contribution in [0.15, 0.2) is 48.7 Å². The summed E-state index contributed by atoms with van der Waals surface area (Å²) in [5.74, 6) is -0.630. The topological polar surface area (TPSA) is 82.0 Å². The molecule has 0 spiro atoms. The molecule has 5 nitrogen and oxygen atoms in total. The number of ketones is 1. The molecule has 1 rings (SSSR count). The van der Waals surface area contributed by atoms with Gasteiger partial charge in [-0.2, -0.15) is 5.26 Å². The molecule has 102 valence electrons. The molecule has 0 bridgehead atoms.